The molecular formula is C10H10N2O3S2. The molecule has 0 aliphatic carbocycles. The Morgan fingerprint density at radius 1 is 1.71 bits per heavy atom. The second kappa shape index (κ2) is 5.24. The van der Waals surface area contributed by atoms with Crippen LogP contribution in [-0.4, -0.2) is 18.1 Å². The number of rotatable bonds is 4. The van der Waals surface area contributed by atoms with Gasteiger partial charge in [0.1, 0.15) is 11.3 Å². The van der Waals surface area contributed by atoms with E-state index in [0.29, 0.717) is 22.2 Å². The Hall–Kier alpha value is -1.47. The van der Waals surface area contributed by atoms with Gasteiger partial charge in [0.2, 0.25) is 0 Å². The van der Waals surface area contributed by atoms with E-state index in [1.807, 2.05) is 0 Å². The smallest absolute Gasteiger partial charge is 0.341 e. The minimum absolute atomic E-state index is 0.391. The maximum Gasteiger partial charge on any atom is 0.341 e. The zero-order valence-electron chi connectivity index (χ0n) is 9.00. The maximum absolute atomic E-state index is 11.4. The minimum atomic E-state index is -0.391. The molecule has 17 heavy (non-hydrogen) atoms. The number of carbonyl (C=O) groups is 1. The lowest BCUT2D eigenvalue weighted by Crippen LogP contribution is -2.02. The van der Waals surface area contributed by atoms with E-state index in [4.69, 9.17) is 10.2 Å². The number of methoxy groups -OCH3 is 1. The highest BCUT2D eigenvalue weighted by Gasteiger charge is 2.15. The number of ether oxygens (including phenoxy) is 1. The Morgan fingerprint density at radius 2 is 2.53 bits per heavy atom. The van der Waals surface area contributed by atoms with Crippen LogP contribution in [0.3, 0.4) is 0 Å². The van der Waals surface area contributed by atoms with E-state index in [1.54, 1.807) is 12.3 Å². The second-order valence-electron chi connectivity index (χ2n) is 3.06. The number of nitrogen functional groups attached to an aromatic ring is 1. The van der Waals surface area contributed by atoms with Gasteiger partial charge < -0.3 is 14.9 Å². The molecule has 2 heterocycles. The number of thiazole rings is 1. The number of thioether (sulfide) groups is 1. The molecule has 0 bridgehead atoms. The number of hydrogen-bond acceptors (Lipinski definition) is 7. The Bertz CT molecular complexity index is 521. The molecule has 2 N–H and O–H groups in total. The Kier molecular flexibility index (Phi) is 3.70. The van der Waals surface area contributed by atoms with Crippen LogP contribution >= 0.6 is 23.1 Å². The fraction of sp³-hybridized carbons (Fsp3) is 0.200. The SMILES string of the molecule is COC(=O)c1ccoc1CSc1cnc(N)s1. The quantitative estimate of drug-likeness (QED) is 0.679. The highest BCUT2D eigenvalue weighted by molar-refractivity contribution is 8.00. The van der Waals surface area contributed by atoms with Crippen molar-refractivity contribution in [1.29, 1.82) is 0 Å². The number of esters is 1. The molecule has 0 unspecified atom stereocenters. The Balaban J connectivity index is 2.04. The zero-order chi connectivity index (χ0) is 12.3. The molecule has 0 radical (unpaired) electrons. The average molecular weight is 270 g/mol. The van der Waals surface area contributed by atoms with Crippen molar-refractivity contribution in [2.75, 3.05) is 12.8 Å². The largest absolute Gasteiger partial charge is 0.468 e. The van der Waals surface area contributed by atoms with E-state index in [0.717, 1.165) is 4.21 Å². The molecule has 0 atom stereocenters. The lowest BCUT2D eigenvalue weighted by atomic mass is 10.3. The normalized spacial score (nSPS) is 10.4. The maximum atomic E-state index is 11.4. The summed E-state index contributed by atoms with van der Waals surface area (Å²) in [5, 5.41) is 0.528. The highest BCUT2D eigenvalue weighted by Crippen LogP contribution is 2.30. The van der Waals surface area contributed by atoms with E-state index in [-0.39, 0.29) is 0 Å². The number of anilines is 1. The molecule has 7 heteroatoms. The summed E-state index contributed by atoms with van der Waals surface area (Å²) < 4.78 is 10.9. The van der Waals surface area contributed by atoms with E-state index in [2.05, 4.69) is 9.72 Å². The molecule has 0 saturated carbocycles. The van der Waals surface area contributed by atoms with Gasteiger partial charge in [0.15, 0.2) is 5.13 Å². The minimum Gasteiger partial charge on any atom is -0.468 e. The van der Waals surface area contributed by atoms with Crippen molar-refractivity contribution in [2.24, 2.45) is 0 Å². The van der Waals surface area contributed by atoms with Crippen molar-refractivity contribution in [3.63, 3.8) is 0 Å². The van der Waals surface area contributed by atoms with Gasteiger partial charge in [-0.05, 0) is 6.07 Å². The zero-order valence-corrected chi connectivity index (χ0v) is 10.6. The Labute approximate surface area is 106 Å². The van der Waals surface area contributed by atoms with Crippen molar-refractivity contribution < 1.29 is 13.9 Å². The number of furan rings is 1. The van der Waals surface area contributed by atoms with Crippen LogP contribution in [0, 0.1) is 0 Å². The molecule has 90 valence electrons. The van der Waals surface area contributed by atoms with Crippen LogP contribution in [0.15, 0.2) is 27.2 Å². The molecule has 0 aliphatic heterocycles. The molecular weight excluding hydrogens is 260 g/mol. The lowest BCUT2D eigenvalue weighted by Gasteiger charge is -1.99. The summed E-state index contributed by atoms with van der Waals surface area (Å²) in [5.41, 5.74) is 5.98. The van der Waals surface area contributed by atoms with Crippen molar-refractivity contribution >= 4 is 34.2 Å². The van der Waals surface area contributed by atoms with Crippen LogP contribution in [0.1, 0.15) is 16.1 Å². The molecule has 0 aromatic carbocycles. The van der Waals surface area contributed by atoms with Gasteiger partial charge in [-0.15, -0.1) is 11.8 Å². The first-order valence-corrected chi connectivity index (χ1v) is 6.49. The molecule has 2 aromatic heterocycles. The summed E-state index contributed by atoms with van der Waals surface area (Å²) in [6, 6.07) is 1.60. The summed E-state index contributed by atoms with van der Waals surface area (Å²) >= 11 is 2.92. The standard InChI is InChI=1S/C10H10N2O3S2/c1-14-9(13)6-2-3-15-7(6)5-16-8-4-12-10(11)17-8/h2-4H,5H2,1H3,(H2,11,12). The molecule has 0 amide bonds. The highest BCUT2D eigenvalue weighted by atomic mass is 32.2. The molecule has 5 nitrogen and oxygen atoms in total. The fourth-order valence-electron chi connectivity index (χ4n) is 1.22. The van der Waals surface area contributed by atoms with Gasteiger partial charge in [0, 0.05) is 0 Å². The first-order valence-electron chi connectivity index (χ1n) is 4.69. The summed E-state index contributed by atoms with van der Waals surface area (Å²) in [4.78, 5) is 15.3. The third kappa shape index (κ3) is 2.80. The van der Waals surface area contributed by atoms with E-state index in [1.165, 1.54) is 36.5 Å². The van der Waals surface area contributed by atoms with Gasteiger partial charge in [0.05, 0.1) is 29.5 Å². The average Bonchev–Trinajstić information content (AvgIpc) is 2.94. The summed E-state index contributed by atoms with van der Waals surface area (Å²) in [7, 11) is 1.34. The van der Waals surface area contributed by atoms with Gasteiger partial charge in [-0.3, -0.25) is 0 Å². The van der Waals surface area contributed by atoms with E-state index in [9.17, 15) is 4.79 Å². The molecule has 0 saturated heterocycles. The van der Waals surface area contributed by atoms with Gasteiger partial charge >= 0.3 is 5.97 Å². The first kappa shape index (κ1) is 12.0. The number of nitrogens with two attached hydrogens (primary N) is 1. The lowest BCUT2D eigenvalue weighted by molar-refractivity contribution is 0.0598. The van der Waals surface area contributed by atoms with E-state index >= 15 is 0 Å². The number of hydrogen-bond donors (Lipinski definition) is 1. The van der Waals surface area contributed by atoms with Crippen molar-refractivity contribution in [2.45, 2.75) is 9.96 Å². The summed E-state index contributed by atoms with van der Waals surface area (Å²) in [5.74, 6) is 0.742. The van der Waals surface area contributed by atoms with Crippen LogP contribution in [0.5, 0.6) is 0 Å². The fourth-order valence-corrected chi connectivity index (χ4v) is 2.93. The topological polar surface area (TPSA) is 78.3 Å². The van der Waals surface area contributed by atoms with Crippen LogP contribution in [0.2, 0.25) is 0 Å². The van der Waals surface area contributed by atoms with Crippen LogP contribution in [0.4, 0.5) is 5.13 Å². The summed E-state index contributed by atoms with van der Waals surface area (Å²) in [6.45, 7) is 0. The van der Waals surface area contributed by atoms with Crippen molar-refractivity contribution in [3.05, 3.63) is 29.9 Å². The van der Waals surface area contributed by atoms with Crippen molar-refractivity contribution in [1.82, 2.24) is 4.98 Å². The predicted molar refractivity (Wildman–Crippen MR) is 66.1 cm³/mol. The molecule has 2 rings (SSSR count). The molecule has 0 fully saturated rings. The number of nitrogens with zero attached hydrogens (tertiary/aromatic N) is 1. The van der Waals surface area contributed by atoms with Gasteiger partial charge in [-0.1, -0.05) is 11.3 Å². The third-order valence-electron chi connectivity index (χ3n) is 2.00. The number of aromatic nitrogens is 1. The predicted octanol–water partition coefficient (Wildman–Crippen LogP) is 2.40. The molecule has 0 spiro atoms. The number of carbonyl (C=O) groups excluding carboxylic acids is 1. The van der Waals surface area contributed by atoms with E-state index < -0.39 is 5.97 Å². The molecule has 2 aromatic rings. The van der Waals surface area contributed by atoms with Gasteiger partial charge in [-0.25, -0.2) is 9.78 Å². The Morgan fingerprint density at radius 3 is 3.18 bits per heavy atom. The first-order chi connectivity index (χ1) is 8.20. The molecule has 0 aliphatic rings. The second-order valence-corrected chi connectivity index (χ2v) is 5.39. The monoisotopic (exact) mass is 270 g/mol. The van der Waals surface area contributed by atoms with Crippen molar-refractivity contribution in [3.8, 4) is 0 Å². The summed E-state index contributed by atoms with van der Waals surface area (Å²) in [6.07, 6.45) is 3.18. The van der Waals surface area contributed by atoms with Crippen LogP contribution in [0.25, 0.3) is 0 Å². The van der Waals surface area contributed by atoms with Crippen LogP contribution in [-0.2, 0) is 10.5 Å². The van der Waals surface area contributed by atoms with Gasteiger partial charge in [0.25, 0.3) is 0 Å². The van der Waals surface area contributed by atoms with Gasteiger partial charge in [-0.2, -0.15) is 0 Å². The van der Waals surface area contributed by atoms with Crippen LogP contribution < -0.4 is 5.73 Å². The third-order valence-corrected chi connectivity index (χ3v) is 4.02.